The van der Waals surface area contributed by atoms with Gasteiger partial charge in [-0.15, -0.1) is 11.3 Å². The standard InChI is InChI=1S/C9H9NS3/c1-6-7(2)13-10-9(12-6)8-4-3-5-11-8/h3-5H,1-2H3. The Hall–Kier alpha value is -0.190. The molecule has 0 unspecified atom stereocenters. The maximum absolute atomic E-state index is 4.45. The van der Waals surface area contributed by atoms with Crippen molar-refractivity contribution in [2.45, 2.75) is 13.8 Å². The van der Waals surface area contributed by atoms with Crippen molar-refractivity contribution in [1.29, 1.82) is 0 Å². The van der Waals surface area contributed by atoms with E-state index in [1.165, 1.54) is 14.7 Å². The van der Waals surface area contributed by atoms with Crippen LogP contribution < -0.4 is 0 Å². The Morgan fingerprint density at radius 3 is 2.69 bits per heavy atom. The number of rotatable bonds is 1. The summed E-state index contributed by atoms with van der Waals surface area (Å²) in [7, 11) is 0. The van der Waals surface area contributed by atoms with E-state index < -0.39 is 0 Å². The zero-order valence-corrected chi connectivity index (χ0v) is 9.85. The molecule has 0 aromatic carbocycles. The number of thiophene rings is 1. The molecule has 0 atom stereocenters. The Labute approximate surface area is 90.5 Å². The quantitative estimate of drug-likeness (QED) is 0.668. The lowest BCUT2D eigenvalue weighted by Crippen LogP contribution is -1.95. The number of hydrogen-bond donors (Lipinski definition) is 0. The van der Waals surface area contributed by atoms with Gasteiger partial charge in [-0.2, -0.15) is 0 Å². The maximum atomic E-state index is 4.45. The van der Waals surface area contributed by atoms with E-state index in [-0.39, 0.29) is 0 Å². The first-order valence-corrected chi connectivity index (χ1v) is 6.38. The fourth-order valence-corrected chi connectivity index (χ4v) is 3.39. The van der Waals surface area contributed by atoms with Gasteiger partial charge in [0.2, 0.25) is 0 Å². The molecule has 0 fully saturated rings. The Morgan fingerprint density at radius 1 is 1.23 bits per heavy atom. The molecule has 0 aliphatic carbocycles. The van der Waals surface area contributed by atoms with Crippen molar-refractivity contribution in [3.63, 3.8) is 0 Å². The molecule has 1 aromatic heterocycles. The predicted molar refractivity (Wildman–Crippen MR) is 64.4 cm³/mol. The van der Waals surface area contributed by atoms with Crippen LogP contribution in [0.3, 0.4) is 0 Å². The summed E-state index contributed by atoms with van der Waals surface area (Å²) in [5, 5.41) is 3.23. The third kappa shape index (κ3) is 2.00. The second kappa shape index (κ2) is 3.90. The summed E-state index contributed by atoms with van der Waals surface area (Å²) in [5.74, 6) is 0. The molecule has 0 saturated heterocycles. The molecular weight excluding hydrogens is 218 g/mol. The van der Waals surface area contributed by atoms with E-state index in [0.717, 1.165) is 5.04 Å². The molecule has 68 valence electrons. The van der Waals surface area contributed by atoms with E-state index in [1.807, 2.05) is 0 Å². The summed E-state index contributed by atoms with van der Waals surface area (Å²) in [6, 6.07) is 4.18. The Bertz CT molecular complexity index is 362. The van der Waals surface area contributed by atoms with Crippen molar-refractivity contribution >= 4 is 40.1 Å². The molecule has 1 nitrogen and oxygen atoms in total. The van der Waals surface area contributed by atoms with Crippen LogP contribution in [0.15, 0.2) is 31.7 Å². The molecule has 4 heteroatoms. The van der Waals surface area contributed by atoms with E-state index in [0.29, 0.717) is 0 Å². The highest BCUT2D eigenvalue weighted by Crippen LogP contribution is 2.37. The molecule has 2 rings (SSSR count). The van der Waals surface area contributed by atoms with Crippen LogP contribution in [0, 0.1) is 0 Å². The summed E-state index contributed by atoms with van der Waals surface area (Å²) in [5.41, 5.74) is 0. The van der Waals surface area contributed by atoms with Gasteiger partial charge in [-0.1, -0.05) is 17.8 Å². The molecule has 0 N–H and O–H groups in total. The molecule has 0 bridgehead atoms. The summed E-state index contributed by atoms with van der Waals surface area (Å²) in [6.45, 7) is 4.26. The Morgan fingerprint density at radius 2 is 2.08 bits per heavy atom. The van der Waals surface area contributed by atoms with Crippen molar-refractivity contribution in [2.24, 2.45) is 4.40 Å². The van der Waals surface area contributed by atoms with Crippen LogP contribution in [0.2, 0.25) is 0 Å². The molecule has 2 heterocycles. The van der Waals surface area contributed by atoms with E-state index >= 15 is 0 Å². The Kier molecular flexibility index (Phi) is 2.81. The molecule has 0 saturated carbocycles. The smallest absolute Gasteiger partial charge is 0.126 e. The minimum absolute atomic E-state index is 1.14. The Balaban J connectivity index is 2.22. The number of hydrogen-bond acceptors (Lipinski definition) is 4. The number of nitrogens with zero attached hydrogens (tertiary/aromatic N) is 1. The molecule has 1 aromatic rings. The van der Waals surface area contributed by atoms with Gasteiger partial charge in [-0.25, -0.2) is 4.40 Å². The first kappa shape index (κ1) is 9.37. The largest absolute Gasteiger partial charge is 0.203 e. The highest BCUT2D eigenvalue weighted by atomic mass is 32.2. The highest BCUT2D eigenvalue weighted by molar-refractivity contribution is 8.20. The lowest BCUT2D eigenvalue weighted by Gasteiger charge is -2.11. The van der Waals surface area contributed by atoms with Crippen LogP contribution in [0.1, 0.15) is 18.7 Å². The van der Waals surface area contributed by atoms with Crippen molar-refractivity contribution in [2.75, 3.05) is 0 Å². The van der Waals surface area contributed by atoms with Crippen LogP contribution in [-0.2, 0) is 0 Å². The maximum Gasteiger partial charge on any atom is 0.126 e. The average Bonchev–Trinajstić information content (AvgIpc) is 2.62. The SMILES string of the molecule is CC1=C(C)SC(c2cccs2)=NS1. The molecule has 1 aliphatic heterocycles. The minimum Gasteiger partial charge on any atom is -0.203 e. The summed E-state index contributed by atoms with van der Waals surface area (Å²) < 4.78 is 4.45. The van der Waals surface area contributed by atoms with Gasteiger partial charge in [0.1, 0.15) is 5.04 Å². The summed E-state index contributed by atoms with van der Waals surface area (Å²) >= 11 is 5.10. The normalized spacial score (nSPS) is 17.5. The van der Waals surface area contributed by atoms with E-state index in [9.17, 15) is 0 Å². The third-order valence-electron chi connectivity index (χ3n) is 1.74. The monoisotopic (exact) mass is 227 g/mol. The minimum atomic E-state index is 1.14. The predicted octanol–water partition coefficient (Wildman–Crippen LogP) is 4.14. The second-order valence-corrected chi connectivity index (χ2v) is 5.81. The first-order valence-electron chi connectivity index (χ1n) is 3.91. The van der Waals surface area contributed by atoms with Crippen molar-refractivity contribution in [3.8, 4) is 0 Å². The average molecular weight is 227 g/mol. The van der Waals surface area contributed by atoms with Gasteiger partial charge >= 0.3 is 0 Å². The molecule has 1 aliphatic rings. The van der Waals surface area contributed by atoms with Gasteiger partial charge in [0.05, 0.1) is 4.88 Å². The zero-order chi connectivity index (χ0) is 9.26. The van der Waals surface area contributed by atoms with Crippen LogP contribution >= 0.6 is 35.0 Å². The van der Waals surface area contributed by atoms with E-state index in [2.05, 4.69) is 35.8 Å². The number of allylic oxidation sites excluding steroid dienone is 2. The fourth-order valence-electron chi connectivity index (χ4n) is 0.905. The van der Waals surface area contributed by atoms with Gasteiger partial charge < -0.3 is 0 Å². The van der Waals surface area contributed by atoms with Gasteiger partial charge in [0.15, 0.2) is 0 Å². The lowest BCUT2D eigenvalue weighted by molar-refractivity contribution is 1.55. The van der Waals surface area contributed by atoms with Crippen molar-refractivity contribution < 1.29 is 0 Å². The van der Waals surface area contributed by atoms with Gasteiger partial charge in [0.25, 0.3) is 0 Å². The molecule has 13 heavy (non-hydrogen) atoms. The third-order valence-corrected chi connectivity index (χ3v) is 4.96. The van der Waals surface area contributed by atoms with Crippen LogP contribution in [0.4, 0.5) is 0 Å². The summed E-state index contributed by atoms with van der Waals surface area (Å²) in [4.78, 5) is 3.94. The topological polar surface area (TPSA) is 12.4 Å². The summed E-state index contributed by atoms with van der Waals surface area (Å²) in [6.07, 6.45) is 0. The lowest BCUT2D eigenvalue weighted by atomic mass is 10.5. The van der Waals surface area contributed by atoms with Gasteiger partial charge in [-0.3, -0.25) is 0 Å². The second-order valence-electron chi connectivity index (χ2n) is 2.68. The molecule has 0 amide bonds. The fraction of sp³-hybridized carbons (Fsp3) is 0.222. The van der Waals surface area contributed by atoms with Crippen molar-refractivity contribution in [1.82, 2.24) is 0 Å². The van der Waals surface area contributed by atoms with Crippen molar-refractivity contribution in [3.05, 3.63) is 32.2 Å². The molecule has 0 spiro atoms. The van der Waals surface area contributed by atoms with E-state index in [1.54, 1.807) is 35.0 Å². The molecule has 0 radical (unpaired) electrons. The first-order chi connectivity index (χ1) is 6.27. The van der Waals surface area contributed by atoms with Gasteiger partial charge in [0, 0.05) is 16.9 Å². The van der Waals surface area contributed by atoms with Gasteiger partial charge in [-0.05, 0) is 30.2 Å². The van der Waals surface area contributed by atoms with Crippen LogP contribution in [0.25, 0.3) is 0 Å². The highest BCUT2D eigenvalue weighted by Gasteiger charge is 2.13. The van der Waals surface area contributed by atoms with Crippen LogP contribution in [0.5, 0.6) is 0 Å². The zero-order valence-electron chi connectivity index (χ0n) is 7.40. The number of thioether (sulfide) groups is 1. The van der Waals surface area contributed by atoms with E-state index in [4.69, 9.17) is 0 Å². The van der Waals surface area contributed by atoms with Crippen LogP contribution in [-0.4, -0.2) is 5.04 Å². The molecular formula is C9H9NS3.